The van der Waals surface area contributed by atoms with Gasteiger partial charge in [0.15, 0.2) is 0 Å². The number of rotatable bonds is 58. The molecular formula is C64H121NO5. The summed E-state index contributed by atoms with van der Waals surface area (Å²) in [4.78, 5) is 24.4. The van der Waals surface area contributed by atoms with Crippen LogP contribution >= 0.6 is 0 Å². The van der Waals surface area contributed by atoms with Crippen molar-refractivity contribution in [2.75, 3.05) is 13.2 Å². The predicted octanol–water partition coefficient (Wildman–Crippen LogP) is 19.6. The molecule has 0 bridgehead atoms. The van der Waals surface area contributed by atoms with Crippen molar-refractivity contribution in [1.82, 2.24) is 5.32 Å². The van der Waals surface area contributed by atoms with Gasteiger partial charge in [-0.25, -0.2) is 0 Å². The molecule has 0 spiro atoms. The maximum Gasteiger partial charge on any atom is 0.305 e. The number of esters is 1. The molecule has 0 aromatic carbocycles. The molecule has 0 radical (unpaired) electrons. The monoisotopic (exact) mass is 984 g/mol. The summed E-state index contributed by atoms with van der Waals surface area (Å²) >= 11 is 0. The highest BCUT2D eigenvalue weighted by atomic mass is 16.5. The van der Waals surface area contributed by atoms with Crippen molar-refractivity contribution < 1.29 is 24.5 Å². The Morgan fingerprint density at radius 2 is 0.714 bits per heavy atom. The lowest BCUT2D eigenvalue weighted by atomic mass is 10.0. The van der Waals surface area contributed by atoms with E-state index in [1.165, 1.54) is 257 Å². The molecule has 0 aromatic rings. The summed E-state index contributed by atoms with van der Waals surface area (Å²) in [5, 5.41) is 23.0. The van der Waals surface area contributed by atoms with Crippen molar-refractivity contribution >= 4 is 11.9 Å². The number of allylic oxidation sites excluding steroid dienone is 5. The second-order valence-electron chi connectivity index (χ2n) is 21.4. The molecule has 0 aliphatic heterocycles. The Kier molecular flexibility index (Phi) is 58.0. The second kappa shape index (κ2) is 59.6. The molecule has 0 heterocycles. The molecule has 0 aromatic heterocycles. The van der Waals surface area contributed by atoms with E-state index in [0.29, 0.717) is 19.4 Å². The topological polar surface area (TPSA) is 95.9 Å². The first-order valence-electron chi connectivity index (χ1n) is 31.3. The Hall–Kier alpha value is -1.92. The summed E-state index contributed by atoms with van der Waals surface area (Å²) in [6.45, 7) is 4.86. The smallest absolute Gasteiger partial charge is 0.305 e. The molecule has 6 heteroatoms. The lowest BCUT2D eigenvalue weighted by molar-refractivity contribution is -0.143. The lowest BCUT2D eigenvalue weighted by Crippen LogP contribution is -2.45. The van der Waals surface area contributed by atoms with Gasteiger partial charge in [-0.1, -0.05) is 294 Å². The van der Waals surface area contributed by atoms with Gasteiger partial charge in [0, 0.05) is 12.8 Å². The number of ether oxygens (including phenoxy) is 1. The maximum atomic E-state index is 12.4. The Balaban J connectivity index is 3.32. The van der Waals surface area contributed by atoms with Crippen molar-refractivity contribution in [3.63, 3.8) is 0 Å². The van der Waals surface area contributed by atoms with Crippen LogP contribution in [0, 0.1) is 0 Å². The van der Waals surface area contributed by atoms with Crippen molar-refractivity contribution in [3.05, 3.63) is 36.5 Å². The molecule has 70 heavy (non-hydrogen) atoms. The number of unbranched alkanes of at least 4 members (excludes halogenated alkanes) is 43. The van der Waals surface area contributed by atoms with E-state index >= 15 is 0 Å². The van der Waals surface area contributed by atoms with Gasteiger partial charge in [0.2, 0.25) is 5.91 Å². The van der Waals surface area contributed by atoms with Crippen molar-refractivity contribution in [2.24, 2.45) is 0 Å². The number of carbonyl (C=O) groups is 2. The average molecular weight is 985 g/mol. The minimum atomic E-state index is -0.839. The van der Waals surface area contributed by atoms with Crippen LogP contribution < -0.4 is 5.32 Å². The first-order valence-corrected chi connectivity index (χ1v) is 31.3. The van der Waals surface area contributed by atoms with Crippen LogP contribution in [-0.2, 0) is 14.3 Å². The van der Waals surface area contributed by atoms with Crippen LogP contribution in [0.1, 0.15) is 335 Å². The molecule has 412 valence electrons. The minimum absolute atomic E-state index is 0.00489. The fourth-order valence-corrected chi connectivity index (χ4v) is 9.61. The quantitative estimate of drug-likeness (QED) is 0.0321. The summed E-state index contributed by atoms with van der Waals surface area (Å²) in [6.07, 6.45) is 75.0. The highest BCUT2D eigenvalue weighted by Crippen LogP contribution is 2.18. The molecule has 1 amide bonds. The standard InChI is InChI=1S/C64H121NO5/c1-3-5-7-9-11-13-14-15-31-35-38-42-46-50-54-58-64(69)70-59-55-51-47-43-39-36-33-30-28-26-24-22-20-18-16-17-19-21-23-25-27-29-32-34-37-41-45-49-53-57-63(68)65-61(60-66)62(67)56-52-48-44-40-12-10-8-6-4-2/h11,13,15,31,52,56,61-62,66-67H,3-10,12,14,16-30,32-51,53-55,57-60H2,1-2H3,(H,65,68)/b13-11-,31-15-,56-52+. The molecule has 0 aliphatic rings. The van der Waals surface area contributed by atoms with E-state index in [0.717, 1.165) is 51.4 Å². The minimum Gasteiger partial charge on any atom is -0.466 e. The number of aliphatic hydroxyl groups is 2. The van der Waals surface area contributed by atoms with Crippen LogP contribution in [0.3, 0.4) is 0 Å². The second-order valence-corrected chi connectivity index (χ2v) is 21.4. The zero-order valence-corrected chi connectivity index (χ0v) is 47.0. The van der Waals surface area contributed by atoms with E-state index in [4.69, 9.17) is 4.74 Å². The number of nitrogens with one attached hydrogen (secondary N) is 1. The SMILES string of the molecule is CCCCC/C=C\C/C=C\CCCCCCCC(=O)OCCCCCCCCCCCCCCCCCCCCCCCCCCCCCCCC(=O)NC(CO)C(O)/C=C/CCCCCCCCC. The molecule has 0 aliphatic carbocycles. The number of hydrogen-bond donors (Lipinski definition) is 3. The summed E-state index contributed by atoms with van der Waals surface area (Å²) in [5.41, 5.74) is 0. The van der Waals surface area contributed by atoms with E-state index in [2.05, 4.69) is 43.5 Å². The number of carbonyl (C=O) groups excluding carboxylic acids is 2. The molecule has 0 fully saturated rings. The van der Waals surface area contributed by atoms with Gasteiger partial charge in [-0.2, -0.15) is 0 Å². The van der Waals surface area contributed by atoms with Crippen LogP contribution in [0.25, 0.3) is 0 Å². The Morgan fingerprint density at radius 1 is 0.400 bits per heavy atom. The molecule has 6 nitrogen and oxygen atoms in total. The third kappa shape index (κ3) is 55.4. The fraction of sp³-hybridized carbons (Fsp3) is 0.875. The van der Waals surface area contributed by atoms with Gasteiger partial charge in [-0.05, 0) is 64.2 Å². The van der Waals surface area contributed by atoms with E-state index < -0.39 is 12.1 Å². The molecular weight excluding hydrogens is 863 g/mol. The summed E-state index contributed by atoms with van der Waals surface area (Å²) in [6, 6.07) is -0.623. The highest BCUT2D eigenvalue weighted by Gasteiger charge is 2.18. The Morgan fingerprint density at radius 3 is 1.11 bits per heavy atom. The maximum absolute atomic E-state index is 12.4. The van der Waals surface area contributed by atoms with E-state index in [1.54, 1.807) is 6.08 Å². The Labute approximate surface area is 436 Å². The largest absolute Gasteiger partial charge is 0.466 e. The van der Waals surface area contributed by atoms with Crippen LogP contribution in [0.2, 0.25) is 0 Å². The van der Waals surface area contributed by atoms with Gasteiger partial charge in [0.1, 0.15) is 0 Å². The van der Waals surface area contributed by atoms with Gasteiger partial charge >= 0.3 is 5.97 Å². The van der Waals surface area contributed by atoms with Gasteiger partial charge in [-0.3, -0.25) is 9.59 Å². The fourth-order valence-electron chi connectivity index (χ4n) is 9.61. The predicted molar refractivity (Wildman–Crippen MR) is 306 cm³/mol. The molecule has 2 unspecified atom stereocenters. The summed E-state index contributed by atoms with van der Waals surface area (Å²) in [5.74, 6) is -0.0618. The van der Waals surface area contributed by atoms with Crippen molar-refractivity contribution in [1.29, 1.82) is 0 Å². The van der Waals surface area contributed by atoms with Gasteiger partial charge < -0.3 is 20.3 Å². The van der Waals surface area contributed by atoms with E-state index in [1.807, 2.05) is 6.08 Å². The zero-order chi connectivity index (χ0) is 50.7. The molecule has 0 saturated carbocycles. The number of hydrogen-bond acceptors (Lipinski definition) is 5. The molecule has 2 atom stereocenters. The number of aliphatic hydroxyl groups excluding tert-OH is 2. The van der Waals surface area contributed by atoms with E-state index in [-0.39, 0.29) is 18.5 Å². The van der Waals surface area contributed by atoms with Crippen LogP contribution in [-0.4, -0.2) is 47.4 Å². The summed E-state index contributed by atoms with van der Waals surface area (Å²) < 4.78 is 5.48. The van der Waals surface area contributed by atoms with Gasteiger partial charge in [-0.15, -0.1) is 0 Å². The van der Waals surface area contributed by atoms with Crippen LogP contribution in [0.4, 0.5) is 0 Å². The van der Waals surface area contributed by atoms with Crippen molar-refractivity contribution in [3.8, 4) is 0 Å². The summed E-state index contributed by atoms with van der Waals surface area (Å²) in [7, 11) is 0. The number of amides is 1. The third-order valence-corrected chi connectivity index (χ3v) is 14.4. The normalized spacial score (nSPS) is 12.8. The zero-order valence-electron chi connectivity index (χ0n) is 47.0. The van der Waals surface area contributed by atoms with Gasteiger partial charge in [0.25, 0.3) is 0 Å². The van der Waals surface area contributed by atoms with E-state index in [9.17, 15) is 19.8 Å². The van der Waals surface area contributed by atoms with Crippen LogP contribution in [0.5, 0.6) is 0 Å². The molecule has 0 saturated heterocycles. The first-order chi connectivity index (χ1) is 34.5. The van der Waals surface area contributed by atoms with Gasteiger partial charge in [0.05, 0.1) is 25.4 Å². The van der Waals surface area contributed by atoms with Crippen LogP contribution in [0.15, 0.2) is 36.5 Å². The average Bonchev–Trinajstić information content (AvgIpc) is 3.36. The lowest BCUT2D eigenvalue weighted by Gasteiger charge is -2.20. The van der Waals surface area contributed by atoms with Crippen molar-refractivity contribution in [2.45, 2.75) is 347 Å². The first kappa shape index (κ1) is 68.1. The molecule has 3 N–H and O–H groups in total. The Bertz CT molecular complexity index is 1130. The highest BCUT2D eigenvalue weighted by molar-refractivity contribution is 5.76. The third-order valence-electron chi connectivity index (χ3n) is 14.4. The molecule has 0 rings (SSSR count).